The maximum Gasteiger partial charge on any atom is 0.531 e. The molecule has 0 radical (unpaired) electrons. The van der Waals surface area contributed by atoms with Gasteiger partial charge in [0.1, 0.15) is 5.75 Å². The van der Waals surface area contributed by atoms with Gasteiger partial charge >= 0.3 is 13.8 Å². The Bertz CT molecular complexity index is 397. The zero-order valence-corrected chi connectivity index (χ0v) is 10.4. The number of ether oxygens (including phenoxy) is 1. The topological polar surface area (TPSA) is 71.1 Å². The summed E-state index contributed by atoms with van der Waals surface area (Å²) in [4.78, 5) is 11.3. The summed E-state index contributed by atoms with van der Waals surface area (Å²) in [5, 5.41) is 0. The van der Waals surface area contributed by atoms with Gasteiger partial charge in [0.25, 0.3) is 0 Å². The van der Waals surface area contributed by atoms with Crippen LogP contribution in [-0.2, 0) is 22.9 Å². The first kappa shape index (κ1) is 13.7. The van der Waals surface area contributed by atoms with E-state index in [2.05, 4.69) is 13.6 Å². The van der Waals surface area contributed by atoms with E-state index in [1.54, 1.807) is 24.3 Å². The molecule has 0 aromatic heterocycles. The fourth-order valence-electron chi connectivity index (χ4n) is 0.959. The average Bonchev–Trinajstić information content (AvgIpc) is 2.37. The third kappa shape index (κ3) is 4.56. The van der Waals surface area contributed by atoms with Crippen molar-refractivity contribution in [2.45, 2.75) is 0 Å². The van der Waals surface area contributed by atoms with Crippen molar-refractivity contribution in [1.29, 1.82) is 0 Å². The highest BCUT2D eigenvalue weighted by Gasteiger charge is 2.27. The summed E-state index contributed by atoms with van der Waals surface area (Å²) in [5.74, 6) is -0.324. The summed E-state index contributed by atoms with van der Waals surface area (Å²) in [7, 11) is -1.55. The van der Waals surface area contributed by atoms with Crippen LogP contribution in [-0.4, -0.2) is 26.8 Å². The molecule has 0 saturated heterocycles. The number of phosphoric acid groups is 1. The van der Waals surface area contributed by atoms with Crippen LogP contribution in [0.25, 0.3) is 0 Å². The fourth-order valence-corrected chi connectivity index (χ4v) is 1.56. The summed E-state index contributed by atoms with van der Waals surface area (Å²) in [6.07, 6.45) is 0. The first-order chi connectivity index (χ1) is 8.09. The second kappa shape index (κ2) is 6.39. The second-order valence-corrected chi connectivity index (χ2v) is 4.68. The Balaban J connectivity index is 2.43. The molecule has 0 saturated carbocycles. The van der Waals surface area contributed by atoms with Gasteiger partial charge in [0.15, 0.2) is 6.61 Å². The van der Waals surface area contributed by atoms with Crippen molar-refractivity contribution < 1.29 is 27.7 Å². The molecule has 0 aliphatic rings. The third-order valence-corrected chi connectivity index (χ3v) is 3.08. The minimum atomic E-state index is -3.79. The maximum atomic E-state index is 11.4. The number of hydrogen-bond donors (Lipinski definition) is 0. The highest BCUT2D eigenvalue weighted by molar-refractivity contribution is 7.49. The molecule has 0 unspecified atom stereocenters. The Labute approximate surface area is 99.1 Å². The van der Waals surface area contributed by atoms with Crippen molar-refractivity contribution in [1.82, 2.24) is 0 Å². The Hall–Kier alpha value is -1.36. The highest BCUT2D eigenvalue weighted by Crippen LogP contribution is 2.47. The molecular formula is C10H13O6P. The molecular weight excluding hydrogens is 247 g/mol. The number of benzene rings is 1. The van der Waals surface area contributed by atoms with Crippen LogP contribution in [0.4, 0.5) is 0 Å². The lowest BCUT2D eigenvalue weighted by atomic mass is 10.3. The van der Waals surface area contributed by atoms with Crippen molar-refractivity contribution in [3.63, 3.8) is 0 Å². The summed E-state index contributed by atoms with van der Waals surface area (Å²) in [5.41, 5.74) is 0. The number of hydrogen-bond acceptors (Lipinski definition) is 6. The van der Waals surface area contributed by atoms with Gasteiger partial charge in [-0.2, -0.15) is 0 Å². The number of carbonyl (C=O) groups excluding carboxylic acids is 1. The zero-order valence-electron chi connectivity index (χ0n) is 9.49. The van der Waals surface area contributed by atoms with Crippen LogP contribution in [0.1, 0.15) is 0 Å². The van der Waals surface area contributed by atoms with E-state index in [4.69, 9.17) is 4.74 Å². The van der Waals surface area contributed by atoms with E-state index in [9.17, 15) is 9.36 Å². The van der Waals surface area contributed by atoms with Gasteiger partial charge in [-0.25, -0.2) is 9.36 Å². The molecule has 0 N–H and O–H groups in total. The zero-order chi connectivity index (χ0) is 12.7. The highest BCUT2D eigenvalue weighted by atomic mass is 31.2. The first-order valence-electron chi connectivity index (χ1n) is 4.71. The van der Waals surface area contributed by atoms with E-state index in [0.717, 1.165) is 14.2 Å². The molecule has 1 aromatic carbocycles. The molecule has 0 aliphatic carbocycles. The van der Waals surface area contributed by atoms with E-state index in [1.807, 2.05) is 6.07 Å². The van der Waals surface area contributed by atoms with Gasteiger partial charge < -0.3 is 9.26 Å². The van der Waals surface area contributed by atoms with Crippen LogP contribution in [0.15, 0.2) is 30.3 Å². The molecule has 0 bridgehead atoms. The average molecular weight is 260 g/mol. The molecule has 1 rings (SSSR count). The van der Waals surface area contributed by atoms with E-state index >= 15 is 0 Å². The van der Waals surface area contributed by atoms with Gasteiger partial charge in [0.05, 0.1) is 0 Å². The predicted molar refractivity (Wildman–Crippen MR) is 59.7 cm³/mol. The van der Waals surface area contributed by atoms with E-state index in [0.29, 0.717) is 5.75 Å². The normalized spacial score (nSPS) is 10.9. The molecule has 94 valence electrons. The number of phosphoric ester groups is 1. The molecule has 7 heteroatoms. The molecule has 0 heterocycles. The molecule has 17 heavy (non-hydrogen) atoms. The lowest BCUT2D eigenvalue weighted by Gasteiger charge is -2.12. The summed E-state index contributed by atoms with van der Waals surface area (Å²) in [6, 6.07) is 8.69. The van der Waals surface area contributed by atoms with Crippen LogP contribution in [0.3, 0.4) is 0 Å². The van der Waals surface area contributed by atoms with Gasteiger partial charge in [-0.3, -0.25) is 9.05 Å². The Morgan fingerprint density at radius 1 is 1.18 bits per heavy atom. The SMILES string of the molecule is COP(=O)(OC)OC(=O)COc1ccccc1. The van der Waals surface area contributed by atoms with E-state index < -0.39 is 13.8 Å². The van der Waals surface area contributed by atoms with Crippen molar-refractivity contribution in [3.05, 3.63) is 30.3 Å². The van der Waals surface area contributed by atoms with Crippen molar-refractivity contribution in [2.24, 2.45) is 0 Å². The van der Waals surface area contributed by atoms with Gasteiger partial charge in [-0.1, -0.05) is 18.2 Å². The Kier molecular flexibility index (Phi) is 5.15. The quantitative estimate of drug-likeness (QED) is 0.728. The minimum Gasteiger partial charge on any atom is -0.482 e. The van der Waals surface area contributed by atoms with Gasteiger partial charge in [-0.05, 0) is 12.1 Å². The molecule has 0 aliphatic heterocycles. The molecule has 0 spiro atoms. The smallest absolute Gasteiger partial charge is 0.482 e. The maximum absolute atomic E-state index is 11.4. The van der Waals surface area contributed by atoms with Crippen LogP contribution in [0.2, 0.25) is 0 Å². The molecule has 0 fully saturated rings. The van der Waals surface area contributed by atoms with Crippen molar-refractivity contribution in [3.8, 4) is 5.75 Å². The predicted octanol–water partition coefficient (Wildman–Crippen LogP) is 2.01. The fraction of sp³-hybridized carbons (Fsp3) is 0.300. The number of carbonyl (C=O) groups is 1. The van der Waals surface area contributed by atoms with Crippen LogP contribution >= 0.6 is 7.82 Å². The van der Waals surface area contributed by atoms with Crippen molar-refractivity contribution >= 4 is 13.8 Å². The van der Waals surface area contributed by atoms with Gasteiger partial charge in [-0.15, -0.1) is 0 Å². The summed E-state index contributed by atoms with van der Waals surface area (Å²) >= 11 is 0. The lowest BCUT2D eigenvalue weighted by Crippen LogP contribution is -2.14. The van der Waals surface area contributed by atoms with E-state index in [1.165, 1.54) is 0 Å². The number of para-hydroxylation sites is 1. The molecule has 0 atom stereocenters. The lowest BCUT2D eigenvalue weighted by molar-refractivity contribution is -0.138. The largest absolute Gasteiger partial charge is 0.531 e. The number of rotatable bonds is 6. The third-order valence-electron chi connectivity index (χ3n) is 1.76. The van der Waals surface area contributed by atoms with Crippen molar-refractivity contribution in [2.75, 3.05) is 20.8 Å². The van der Waals surface area contributed by atoms with Crippen LogP contribution in [0.5, 0.6) is 5.75 Å². The summed E-state index contributed by atoms with van der Waals surface area (Å²) in [6.45, 7) is -0.374. The Morgan fingerprint density at radius 3 is 2.29 bits per heavy atom. The summed E-state index contributed by atoms with van der Waals surface area (Å²) < 4.78 is 29.9. The minimum absolute atomic E-state index is 0.374. The molecule has 0 amide bonds. The molecule has 1 aromatic rings. The van der Waals surface area contributed by atoms with Crippen LogP contribution in [0, 0.1) is 0 Å². The molecule has 6 nitrogen and oxygen atoms in total. The standard InChI is InChI=1S/C10H13O6P/c1-13-17(12,14-2)16-10(11)8-15-9-6-4-3-5-7-9/h3-7H,8H2,1-2H3. The second-order valence-electron chi connectivity index (χ2n) is 2.88. The van der Waals surface area contributed by atoms with Gasteiger partial charge in [0, 0.05) is 14.2 Å². The van der Waals surface area contributed by atoms with Crippen LogP contribution < -0.4 is 4.74 Å². The monoisotopic (exact) mass is 260 g/mol. The Morgan fingerprint density at radius 2 is 1.76 bits per heavy atom. The van der Waals surface area contributed by atoms with Gasteiger partial charge in [0.2, 0.25) is 0 Å². The first-order valence-corrected chi connectivity index (χ1v) is 6.17. The van der Waals surface area contributed by atoms with E-state index in [-0.39, 0.29) is 6.61 Å².